The molecule has 0 fully saturated rings. The molecule has 20 heavy (non-hydrogen) atoms. The van der Waals surface area contributed by atoms with Crippen molar-refractivity contribution in [3.05, 3.63) is 46.1 Å². The largest absolute Gasteiger partial charge is 0.234 e. The molecule has 7 nitrogen and oxygen atoms in total. The summed E-state index contributed by atoms with van der Waals surface area (Å²) in [7, 11) is -3.60. The highest BCUT2D eigenvalue weighted by molar-refractivity contribution is 7.92. The molecule has 0 radical (unpaired) electrons. The van der Waals surface area contributed by atoms with Crippen LogP contribution in [0.25, 0.3) is 6.08 Å². The molecule has 0 aliphatic heterocycles. The van der Waals surface area contributed by atoms with Crippen LogP contribution in [0.3, 0.4) is 0 Å². The summed E-state index contributed by atoms with van der Waals surface area (Å²) >= 11 is 5.75. The van der Waals surface area contributed by atoms with Gasteiger partial charge in [-0.2, -0.15) is 5.21 Å². The predicted molar refractivity (Wildman–Crippen MR) is 75.1 cm³/mol. The normalized spacial score (nSPS) is 13.7. The maximum atomic E-state index is 11.9. The van der Waals surface area contributed by atoms with Crippen molar-refractivity contribution in [2.75, 3.05) is 0 Å². The van der Waals surface area contributed by atoms with Crippen molar-refractivity contribution in [2.24, 2.45) is 0 Å². The van der Waals surface area contributed by atoms with Gasteiger partial charge in [-0.1, -0.05) is 28.9 Å². The molecule has 1 aromatic heterocycles. The van der Waals surface area contributed by atoms with Gasteiger partial charge in [0.05, 0.1) is 6.04 Å². The summed E-state index contributed by atoms with van der Waals surface area (Å²) in [5.41, 5.74) is 0.729. The Labute approximate surface area is 121 Å². The minimum absolute atomic E-state index is 0.272. The van der Waals surface area contributed by atoms with Gasteiger partial charge < -0.3 is 0 Å². The first-order valence-electron chi connectivity index (χ1n) is 5.65. The van der Waals surface area contributed by atoms with Gasteiger partial charge in [-0.3, -0.25) is 0 Å². The Morgan fingerprint density at radius 2 is 2.05 bits per heavy atom. The Morgan fingerprint density at radius 1 is 1.35 bits per heavy atom. The predicted octanol–water partition coefficient (Wildman–Crippen LogP) is 1.50. The number of tetrazole rings is 1. The minimum atomic E-state index is -3.60. The monoisotopic (exact) mass is 313 g/mol. The molecule has 1 unspecified atom stereocenters. The summed E-state index contributed by atoms with van der Waals surface area (Å²) in [6.45, 7) is 1.62. The molecule has 0 aliphatic rings. The second-order valence-corrected chi connectivity index (χ2v) is 6.04. The molecule has 1 aromatic carbocycles. The molecule has 1 atom stereocenters. The van der Waals surface area contributed by atoms with E-state index in [-0.39, 0.29) is 5.82 Å². The van der Waals surface area contributed by atoms with Gasteiger partial charge in [-0.05, 0) is 30.7 Å². The van der Waals surface area contributed by atoms with Crippen LogP contribution in [0.2, 0.25) is 5.02 Å². The van der Waals surface area contributed by atoms with E-state index in [9.17, 15) is 8.42 Å². The number of aromatic nitrogens is 4. The molecule has 106 valence electrons. The molecule has 0 spiro atoms. The molecule has 2 N–H and O–H groups in total. The van der Waals surface area contributed by atoms with Crippen LogP contribution in [0.5, 0.6) is 0 Å². The van der Waals surface area contributed by atoms with Crippen molar-refractivity contribution in [1.29, 1.82) is 0 Å². The van der Waals surface area contributed by atoms with Crippen LogP contribution in [-0.4, -0.2) is 29.0 Å². The number of halogens is 1. The first-order chi connectivity index (χ1) is 9.46. The van der Waals surface area contributed by atoms with Crippen molar-refractivity contribution in [2.45, 2.75) is 13.0 Å². The first-order valence-corrected chi connectivity index (χ1v) is 7.58. The smallest absolute Gasteiger partial charge is 0.208 e. The Bertz CT molecular complexity index is 682. The summed E-state index contributed by atoms with van der Waals surface area (Å²) in [6, 6.07) is 6.23. The molecular weight excluding hydrogens is 302 g/mol. The van der Waals surface area contributed by atoms with Crippen molar-refractivity contribution >= 4 is 27.7 Å². The van der Waals surface area contributed by atoms with Gasteiger partial charge in [0.25, 0.3) is 0 Å². The van der Waals surface area contributed by atoms with Crippen LogP contribution in [0.1, 0.15) is 24.4 Å². The molecule has 0 amide bonds. The van der Waals surface area contributed by atoms with E-state index in [1.807, 2.05) is 0 Å². The third kappa shape index (κ3) is 4.12. The fraction of sp³-hybridized carbons (Fsp3) is 0.182. The zero-order valence-corrected chi connectivity index (χ0v) is 12.1. The van der Waals surface area contributed by atoms with E-state index in [0.29, 0.717) is 5.02 Å². The van der Waals surface area contributed by atoms with Crippen LogP contribution in [-0.2, 0) is 10.0 Å². The SMILES string of the molecule is CC(NS(=O)(=O)C=Cc1ccc(Cl)cc1)c1nn[nH]n1. The Kier molecular flexibility index (Phi) is 4.48. The highest BCUT2D eigenvalue weighted by atomic mass is 35.5. The summed E-state index contributed by atoms with van der Waals surface area (Å²) in [4.78, 5) is 0. The third-order valence-electron chi connectivity index (χ3n) is 2.40. The van der Waals surface area contributed by atoms with E-state index < -0.39 is 16.1 Å². The molecule has 9 heteroatoms. The standard InChI is InChI=1S/C11H12ClN5O2S/c1-8(11-13-16-17-14-11)15-20(18,19)7-6-9-2-4-10(12)5-3-9/h2-8,15H,1H3,(H,13,14,16,17). The lowest BCUT2D eigenvalue weighted by Gasteiger charge is -2.07. The number of benzene rings is 1. The van der Waals surface area contributed by atoms with Crippen molar-refractivity contribution in [3.63, 3.8) is 0 Å². The average Bonchev–Trinajstić information content (AvgIpc) is 2.91. The number of nitrogens with zero attached hydrogens (tertiary/aromatic N) is 3. The zero-order valence-electron chi connectivity index (χ0n) is 10.5. The van der Waals surface area contributed by atoms with Gasteiger partial charge in [-0.25, -0.2) is 13.1 Å². The fourth-order valence-corrected chi connectivity index (χ4v) is 2.57. The average molecular weight is 314 g/mol. The second kappa shape index (κ2) is 6.12. The Hall–Kier alpha value is -1.77. The van der Waals surface area contributed by atoms with Gasteiger partial charge in [0.1, 0.15) is 0 Å². The van der Waals surface area contributed by atoms with E-state index in [1.54, 1.807) is 31.2 Å². The number of hydrogen-bond acceptors (Lipinski definition) is 5. The molecular formula is C11H12ClN5O2S. The highest BCUT2D eigenvalue weighted by Crippen LogP contribution is 2.12. The van der Waals surface area contributed by atoms with E-state index in [1.165, 1.54) is 6.08 Å². The Balaban J connectivity index is 2.05. The van der Waals surface area contributed by atoms with Crippen molar-refractivity contribution in [1.82, 2.24) is 25.3 Å². The Morgan fingerprint density at radius 3 is 2.65 bits per heavy atom. The maximum Gasteiger partial charge on any atom is 0.234 e. The fourth-order valence-electron chi connectivity index (χ4n) is 1.43. The molecule has 0 saturated heterocycles. The summed E-state index contributed by atoms with van der Waals surface area (Å²) < 4.78 is 26.1. The summed E-state index contributed by atoms with van der Waals surface area (Å²) in [5.74, 6) is 0.272. The minimum Gasteiger partial charge on any atom is -0.208 e. The first kappa shape index (κ1) is 14.6. The molecule has 0 aliphatic carbocycles. The molecule has 1 heterocycles. The summed E-state index contributed by atoms with van der Waals surface area (Å²) in [5, 5.41) is 14.7. The van der Waals surface area contributed by atoms with Gasteiger partial charge in [-0.15, -0.1) is 10.2 Å². The van der Waals surface area contributed by atoms with E-state index in [4.69, 9.17) is 11.6 Å². The van der Waals surface area contributed by atoms with Gasteiger partial charge in [0.15, 0.2) is 5.82 Å². The molecule has 2 rings (SSSR count). The number of H-pyrrole nitrogens is 1. The van der Waals surface area contributed by atoms with Gasteiger partial charge in [0, 0.05) is 10.4 Å². The number of aromatic amines is 1. The third-order valence-corrected chi connectivity index (χ3v) is 3.83. The molecule has 0 saturated carbocycles. The highest BCUT2D eigenvalue weighted by Gasteiger charge is 2.16. The lowest BCUT2D eigenvalue weighted by molar-refractivity contribution is 0.569. The second-order valence-electron chi connectivity index (χ2n) is 4.01. The lowest BCUT2D eigenvalue weighted by atomic mass is 10.2. The quantitative estimate of drug-likeness (QED) is 0.871. The van der Waals surface area contributed by atoms with Crippen LogP contribution >= 0.6 is 11.6 Å². The molecule has 2 aromatic rings. The number of rotatable bonds is 5. The van der Waals surface area contributed by atoms with Crippen LogP contribution in [0.15, 0.2) is 29.7 Å². The number of sulfonamides is 1. The van der Waals surface area contributed by atoms with Gasteiger partial charge in [0.2, 0.25) is 10.0 Å². The number of hydrogen-bond donors (Lipinski definition) is 2. The molecule has 0 bridgehead atoms. The number of nitrogens with one attached hydrogen (secondary N) is 2. The maximum absolute atomic E-state index is 11.9. The lowest BCUT2D eigenvalue weighted by Crippen LogP contribution is -2.25. The zero-order chi connectivity index (χ0) is 14.6. The topological polar surface area (TPSA) is 101 Å². The van der Waals surface area contributed by atoms with Crippen LogP contribution in [0, 0.1) is 0 Å². The van der Waals surface area contributed by atoms with Crippen LogP contribution < -0.4 is 4.72 Å². The van der Waals surface area contributed by atoms with Crippen LogP contribution in [0.4, 0.5) is 0 Å². The summed E-state index contributed by atoms with van der Waals surface area (Å²) in [6.07, 6.45) is 1.47. The van der Waals surface area contributed by atoms with Crippen molar-refractivity contribution in [3.8, 4) is 0 Å². The van der Waals surface area contributed by atoms with E-state index >= 15 is 0 Å². The van der Waals surface area contributed by atoms with Crippen molar-refractivity contribution < 1.29 is 8.42 Å². The van der Waals surface area contributed by atoms with Gasteiger partial charge >= 0.3 is 0 Å². The van der Waals surface area contributed by atoms with E-state index in [2.05, 4.69) is 25.3 Å². The van der Waals surface area contributed by atoms with E-state index in [0.717, 1.165) is 11.0 Å².